The van der Waals surface area contributed by atoms with Crippen LogP contribution in [0.1, 0.15) is 22.8 Å². The molecule has 1 heterocycles. The van der Waals surface area contributed by atoms with E-state index < -0.39 is 0 Å². The van der Waals surface area contributed by atoms with Crippen LogP contribution in [0.2, 0.25) is 5.02 Å². The summed E-state index contributed by atoms with van der Waals surface area (Å²) in [5, 5.41) is 7.84. The summed E-state index contributed by atoms with van der Waals surface area (Å²) in [5.74, 6) is 0.0505. The first-order valence-corrected chi connectivity index (χ1v) is 8.58. The molecular formula is C19H16ClNOS. The van der Waals surface area contributed by atoms with E-state index in [0.717, 1.165) is 28.1 Å². The van der Waals surface area contributed by atoms with E-state index in [1.165, 1.54) is 11.3 Å². The fraction of sp³-hybridized carbons (Fsp3) is 0.105. The molecule has 4 heteroatoms. The number of carbonyl (C=O) groups excluding carboxylic acids is 1. The van der Waals surface area contributed by atoms with Crippen molar-refractivity contribution < 1.29 is 4.79 Å². The van der Waals surface area contributed by atoms with Crippen molar-refractivity contribution in [3.8, 4) is 11.1 Å². The lowest BCUT2D eigenvalue weighted by molar-refractivity contribution is 0.101. The first-order chi connectivity index (χ1) is 11.1. The van der Waals surface area contributed by atoms with Gasteiger partial charge in [-0.05, 0) is 36.9 Å². The van der Waals surface area contributed by atoms with Gasteiger partial charge in [0.2, 0.25) is 0 Å². The number of aryl methyl sites for hydroxylation is 1. The quantitative estimate of drug-likeness (QED) is 0.562. The number of nitrogens with one attached hydrogen (secondary N) is 1. The summed E-state index contributed by atoms with van der Waals surface area (Å²) < 4.78 is 0. The van der Waals surface area contributed by atoms with Crippen molar-refractivity contribution in [1.82, 2.24) is 0 Å². The Balaban J connectivity index is 2.04. The second-order valence-electron chi connectivity index (χ2n) is 5.36. The summed E-state index contributed by atoms with van der Waals surface area (Å²) in [6, 6.07) is 13.9. The molecule has 0 bridgehead atoms. The van der Waals surface area contributed by atoms with Gasteiger partial charge in [-0.1, -0.05) is 41.9 Å². The molecular weight excluding hydrogens is 326 g/mol. The summed E-state index contributed by atoms with van der Waals surface area (Å²) in [6.45, 7) is 3.63. The van der Waals surface area contributed by atoms with Crippen LogP contribution in [0.5, 0.6) is 0 Å². The molecule has 116 valence electrons. The molecule has 0 amide bonds. The normalized spacial score (nSPS) is 10.6. The minimum Gasteiger partial charge on any atom is -0.354 e. The smallest absolute Gasteiger partial charge is 0.161 e. The van der Waals surface area contributed by atoms with E-state index in [1.54, 1.807) is 6.92 Å². The minimum atomic E-state index is 0.0505. The summed E-state index contributed by atoms with van der Waals surface area (Å²) in [6.07, 6.45) is 0. The molecule has 0 unspecified atom stereocenters. The number of benzene rings is 2. The SMILES string of the molecule is CC(=O)c1cscc1-c1cccc(Nc2ccccc2C)c1Cl. The number of hydrogen-bond acceptors (Lipinski definition) is 3. The van der Waals surface area contributed by atoms with E-state index >= 15 is 0 Å². The number of rotatable bonds is 4. The maximum atomic E-state index is 11.8. The molecule has 0 aliphatic carbocycles. The summed E-state index contributed by atoms with van der Waals surface area (Å²) in [5.41, 5.74) is 5.47. The second-order valence-corrected chi connectivity index (χ2v) is 6.48. The van der Waals surface area contributed by atoms with Crippen LogP contribution in [-0.4, -0.2) is 5.78 Å². The molecule has 2 aromatic carbocycles. The molecule has 0 spiro atoms. The van der Waals surface area contributed by atoms with Crippen LogP contribution in [0.4, 0.5) is 11.4 Å². The van der Waals surface area contributed by atoms with Gasteiger partial charge < -0.3 is 5.32 Å². The zero-order valence-corrected chi connectivity index (χ0v) is 14.5. The zero-order chi connectivity index (χ0) is 16.4. The number of carbonyl (C=O) groups is 1. The van der Waals surface area contributed by atoms with Crippen LogP contribution in [0.3, 0.4) is 0 Å². The Kier molecular flexibility index (Phi) is 4.51. The standard InChI is InChI=1S/C19H16ClNOS/c1-12-6-3-4-8-17(12)21-18-9-5-7-14(19(18)20)16-11-23-10-15(16)13(2)22/h3-11,21H,1-2H3. The average molecular weight is 342 g/mol. The van der Waals surface area contributed by atoms with Crippen molar-refractivity contribution in [2.45, 2.75) is 13.8 Å². The van der Waals surface area contributed by atoms with Crippen molar-refractivity contribution in [2.24, 2.45) is 0 Å². The summed E-state index contributed by atoms with van der Waals surface area (Å²) in [4.78, 5) is 11.8. The molecule has 0 aliphatic heterocycles. The number of para-hydroxylation sites is 1. The Morgan fingerprint density at radius 1 is 1.00 bits per heavy atom. The zero-order valence-electron chi connectivity index (χ0n) is 12.9. The average Bonchev–Trinajstić information content (AvgIpc) is 3.01. The number of ketones is 1. The molecule has 3 aromatic rings. The Hall–Kier alpha value is -2.10. The van der Waals surface area contributed by atoms with Gasteiger partial charge in [0.05, 0.1) is 10.7 Å². The lowest BCUT2D eigenvalue weighted by Crippen LogP contribution is -1.96. The van der Waals surface area contributed by atoms with Crippen LogP contribution in [0.25, 0.3) is 11.1 Å². The highest BCUT2D eigenvalue weighted by atomic mass is 35.5. The van der Waals surface area contributed by atoms with E-state index in [9.17, 15) is 4.79 Å². The highest BCUT2D eigenvalue weighted by Crippen LogP contribution is 2.38. The maximum absolute atomic E-state index is 11.8. The lowest BCUT2D eigenvalue weighted by Gasteiger charge is -2.13. The van der Waals surface area contributed by atoms with E-state index in [0.29, 0.717) is 10.6 Å². The summed E-state index contributed by atoms with van der Waals surface area (Å²) in [7, 11) is 0. The predicted molar refractivity (Wildman–Crippen MR) is 99.2 cm³/mol. The molecule has 0 aliphatic rings. The predicted octanol–water partition coefficient (Wildman–Crippen LogP) is 6.32. The third-order valence-electron chi connectivity index (χ3n) is 3.74. The van der Waals surface area contributed by atoms with Crippen molar-refractivity contribution >= 4 is 40.1 Å². The molecule has 0 saturated carbocycles. The number of thiophene rings is 1. The van der Waals surface area contributed by atoms with Gasteiger partial charge in [-0.3, -0.25) is 4.79 Å². The third-order valence-corrected chi connectivity index (χ3v) is 4.90. The van der Waals surface area contributed by atoms with Crippen LogP contribution >= 0.6 is 22.9 Å². The highest BCUT2D eigenvalue weighted by Gasteiger charge is 2.15. The third kappa shape index (κ3) is 3.16. The van der Waals surface area contributed by atoms with Gasteiger partial charge in [0.1, 0.15) is 0 Å². The van der Waals surface area contributed by atoms with Crippen molar-refractivity contribution in [1.29, 1.82) is 0 Å². The van der Waals surface area contributed by atoms with Gasteiger partial charge >= 0.3 is 0 Å². The Bertz CT molecular complexity index is 869. The van der Waals surface area contributed by atoms with Crippen molar-refractivity contribution in [3.05, 3.63) is 69.4 Å². The van der Waals surface area contributed by atoms with Crippen LogP contribution in [-0.2, 0) is 0 Å². The fourth-order valence-corrected chi connectivity index (χ4v) is 3.64. The van der Waals surface area contributed by atoms with E-state index in [-0.39, 0.29) is 5.78 Å². The molecule has 0 fully saturated rings. The van der Waals surface area contributed by atoms with Gasteiger partial charge in [-0.15, -0.1) is 0 Å². The number of anilines is 2. The minimum absolute atomic E-state index is 0.0505. The Labute approximate surface area is 144 Å². The van der Waals surface area contributed by atoms with Gasteiger partial charge in [0, 0.05) is 27.8 Å². The molecule has 1 aromatic heterocycles. The first kappa shape index (κ1) is 15.8. The van der Waals surface area contributed by atoms with Crippen LogP contribution < -0.4 is 5.32 Å². The fourth-order valence-electron chi connectivity index (χ4n) is 2.47. The Morgan fingerprint density at radius 2 is 1.74 bits per heavy atom. The highest BCUT2D eigenvalue weighted by molar-refractivity contribution is 7.08. The van der Waals surface area contributed by atoms with Gasteiger partial charge in [-0.2, -0.15) is 11.3 Å². The molecule has 0 radical (unpaired) electrons. The Morgan fingerprint density at radius 3 is 2.48 bits per heavy atom. The van der Waals surface area contributed by atoms with Crippen molar-refractivity contribution in [3.63, 3.8) is 0 Å². The van der Waals surface area contributed by atoms with Gasteiger partial charge in [0.15, 0.2) is 5.78 Å². The van der Waals surface area contributed by atoms with E-state index in [2.05, 4.69) is 5.32 Å². The largest absolute Gasteiger partial charge is 0.354 e. The lowest BCUT2D eigenvalue weighted by atomic mass is 10.0. The molecule has 0 atom stereocenters. The molecule has 0 saturated heterocycles. The number of hydrogen-bond donors (Lipinski definition) is 1. The first-order valence-electron chi connectivity index (χ1n) is 7.26. The monoisotopic (exact) mass is 341 g/mol. The van der Waals surface area contributed by atoms with E-state index in [1.807, 2.05) is 60.1 Å². The van der Waals surface area contributed by atoms with Gasteiger partial charge in [-0.25, -0.2) is 0 Å². The summed E-state index contributed by atoms with van der Waals surface area (Å²) >= 11 is 8.12. The number of Topliss-reactive ketones (excluding diaryl/α,β-unsaturated/α-hetero) is 1. The maximum Gasteiger partial charge on any atom is 0.161 e. The van der Waals surface area contributed by atoms with Crippen molar-refractivity contribution in [2.75, 3.05) is 5.32 Å². The second kappa shape index (κ2) is 6.57. The van der Waals surface area contributed by atoms with Crippen LogP contribution in [0, 0.1) is 6.92 Å². The van der Waals surface area contributed by atoms with E-state index in [4.69, 9.17) is 11.6 Å². The molecule has 1 N–H and O–H groups in total. The molecule has 23 heavy (non-hydrogen) atoms. The molecule has 3 rings (SSSR count). The topological polar surface area (TPSA) is 29.1 Å². The van der Waals surface area contributed by atoms with Gasteiger partial charge in [0.25, 0.3) is 0 Å². The number of halogens is 1. The van der Waals surface area contributed by atoms with Crippen LogP contribution in [0.15, 0.2) is 53.2 Å². The molecule has 2 nitrogen and oxygen atoms in total.